The number of aryl methyl sites for hydroxylation is 1. The summed E-state index contributed by atoms with van der Waals surface area (Å²) in [7, 11) is 0. The number of carbonyl (C=O) groups excluding carboxylic acids is 2. The molecule has 7 nitrogen and oxygen atoms in total. The van der Waals surface area contributed by atoms with Gasteiger partial charge in [0.25, 0.3) is 11.8 Å². The van der Waals surface area contributed by atoms with Crippen LogP contribution in [-0.2, 0) is 4.79 Å². The van der Waals surface area contributed by atoms with Crippen molar-refractivity contribution in [3.8, 4) is 0 Å². The van der Waals surface area contributed by atoms with E-state index in [0.29, 0.717) is 40.3 Å². The van der Waals surface area contributed by atoms with Gasteiger partial charge in [0.2, 0.25) is 0 Å². The van der Waals surface area contributed by atoms with E-state index < -0.39 is 18.5 Å². The second-order valence-electron chi connectivity index (χ2n) is 7.54. The summed E-state index contributed by atoms with van der Waals surface area (Å²) in [6, 6.07) is 4.00. The topological polar surface area (TPSA) is 88.7 Å². The van der Waals surface area contributed by atoms with Crippen molar-refractivity contribution in [2.75, 3.05) is 37.8 Å². The number of fused-ring (bicyclic) bond motifs is 1. The van der Waals surface area contributed by atoms with E-state index in [1.807, 2.05) is 6.92 Å². The maximum Gasteiger partial charge on any atom is 0.260 e. The second-order valence-corrected chi connectivity index (χ2v) is 7.54. The van der Waals surface area contributed by atoms with E-state index >= 15 is 0 Å². The highest BCUT2D eigenvalue weighted by atomic mass is 19.1. The minimum Gasteiger partial charge on any atom is -0.376 e. The van der Waals surface area contributed by atoms with E-state index in [4.69, 9.17) is 0 Å². The monoisotopic (exact) mass is 428 g/mol. The summed E-state index contributed by atoms with van der Waals surface area (Å²) in [6.07, 6.45) is 1.62. The van der Waals surface area contributed by atoms with Gasteiger partial charge in [0.15, 0.2) is 0 Å². The molecule has 0 bridgehead atoms. The van der Waals surface area contributed by atoms with E-state index in [1.165, 1.54) is 23.1 Å². The number of hydrogen-bond acceptors (Lipinski definition) is 4. The third-order valence-corrected chi connectivity index (χ3v) is 5.76. The van der Waals surface area contributed by atoms with Crippen molar-refractivity contribution in [2.24, 2.45) is 0 Å². The number of hydrogen-bond donors (Lipinski definition) is 3. The van der Waals surface area contributed by atoms with Crippen molar-refractivity contribution in [1.29, 1.82) is 0 Å². The highest BCUT2D eigenvalue weighted by molar-refractivity contribution is 6.35. The fraction of sp³-hybridized carbons (Fsp3) is 0.391. The highest BCUT2D eigenvalue weighted by Crippen LogP contribution is 2.38. The zero-order valence-corrected chi connectivity index (χ0v) is 18.4. The zero-order chi connectivity index (χ0) is 22.7. The summed E-state index contributed by atoms with van der Waals surface area (Å²) >= 11 is 0. The van der Waals surface area contributed by atoms with E-state index in [2.05, 4.69) is 29.0 Å². The lowest BCUT2D eigenvalue weighted by molar-refractivity contribution is -0.113. The number of benzene rings is 1. The van der Waals surface area contributed by atoms with Crippen LogP contribution >= 0.6 is 0 Å². The maximum absolute atomic E-state index is 13.8. The van der Waals surface area contributed by atoms with E-state index in [9.17, 15) is 19.1 Å². The fourth-order valence-electron chi connectivity index (χ4n) is 3.97. The van der Waals surface area contributed by atoms with Crippen molar-refractivity contribution in [1.82, 2.24) is 15.2 Å². The van der Waals surface area contributed by atoms with Gasteiger partial charge in [-0.2, -0.15) is 0 Å². The van der Waals surface area contributed by atoms with Crippen LogP contribution in [0.25, 0.3) is 11.6 Å². The number of anilines is 1. The van der Waals surface area contributed by atoms with Gasteiger partial charge < -0.3 is 20.3 Å². The number of H-pyrrole nitrogens is 1. The first-order valence-electron chi connectivity index (χ1n) is 10.5. The predicted octanol–water partition coefficient (Wildman–Crippen LogP) is 2.68. The molecule has 0 saturated heterocycles. The molecule has 0 spiro atoms. The van der Waals surface area contributed by atoms with E-state index in [0.717, 1.165) is 19.6 Å². The number of halogens is 1. The molecule has 0 saturated carbocycles. The average Bonchev–Trinajstić information content (AvgIpc) is 3.17. The average molecular weight is 429 g/mol. The van der Waals surface area contributed by atoms with Crippen molar-refractivity contribution in [3.05, 3.63) is 52.1 Å². The summed E-state index contributed by atoms with van der Waals surface area (Å²) in [6.45, 7) is 10.4. The molecule has 2 aromatic rings. The van der Waals surface area contributed by atoms with Crippen molar-refractivity contribution >= 4 is 29.2 Å². The van der Waals surface area contributed by atoms with Crippen LogP contribution in [0.15, 0.2) is 18.2 Å². The lowest BCUT2D eigenvalue weighted by Gasteiger charge is -2.18. The third-order valence-electron chi connectivity index (χ3n) is 5.76. The van der Waals surface area contributed by atoms with Crippen molar-refractivity contribution in [3.63, 3.8) is 0 Å². The molecule has 3 N–H and O–H groups in total. The Hall–Kier alpha value is -2.97. The molecule has 0 fully saturated rings. The molecule has 0 aliphatic carbocycles. The number of nitrogens with one attached hydrogen (secondary N) is 2. The number of aliphatic hydroxyl groups excluding tert-OH is 1. The third kappa shape index (κ3) is 4.40. The van der Waals surface area contributed by atoms with Crippen LogP contribution in [0.2, 0.25) is 0 Å². The quantitative estimate of drug-likeness (QED) is 0.564. The molecule has 1 aromatic carbocycles. The largest absolute Gasteiger partial charge is 0.376 e. The van der Waals surface area contributed by atoms with Crippen molar-refractivity contribution < 1.29 is 19.1 Å². The molecule has 2 amide bonds. The summed E-state index contributed by atoms with van der Waals surface area (Å²) in [5, 5.41) is 12.5. The molecule has 3 rings (SSSR count). The van der Waals surface area contributed by atoms with Crippen LogP contribution in [0.4, 0.5) is 10.1 Å². The summed E-state index contributed by atoms with van der Waals surface area (Å²) in [4.78, 5) is 32.1. The maximum atomic E-state index is 13.8. The Morgan fingerprint density at radius 2 is 2.00 bits per heavy atom. The molecule has 0 radical (unpaired) electrons. The molecule has 0 unspecified atom stereocenters. The molecular formula is C23H29FN4O3. The van der Waals surface area contributed by atoms with E-state index in [1.54, 1.807) is 13.0 Å². The van der Waals surface area contributed by atoms with Crippen LogP contribution in [-0.4, -0.2) is 59.7 Å². The van der Waals surface area contributed by atoms with Gasteiger partial charge in [-0.25, -0.2) is 4.39 Å². The van der Waals surface area contributed by atoms with Gasteiger partial charge >= 0.3 is 0 Å². The van der Waals surface area contributed by atoms with Crippen molar-refractivity contribution in [2.45, 2.75) is 27.7 Å². The van der Waals surface area contributed by atoms with Crippen LogP contribution in [0, 0.1) is 19.7 Å². The van der Waals surface area contributed by atoms with Gasteiger partial charge in [-0.3, -0.25) is 14.5 Å². The summed E-state index contributed by atoms with van der Waals surface area (Å²) in [5.41, 5.74) is 3.67. The van der Waals surface area contributed by atoms with Crippen LogP contribution in [0.5, 0.6) is 0 Å². The normalized spacial score (nSPS) is 14.6. The number of rotatable bonds is 8. The Morgan fingerprint density at radius 3 is 2.65 bits per heavy atom. The number of aromatic amines is 1. The number of carbonyl (C=O) groups is 2. The second kappa shape index (κ2) is 9.45. The molecule has 166 valence electrons. The Balaban J connectivity index is 1.89. The SMILES string of the molecule is CCN(CC)CCNC(=O)c1c(C)[nH]c(/C=C2\C(=O)N(CO)c3ccc(F)cc32)c1C. The first-order chi connectivity index (χ1) is 14.8. The number of amides is 2. The molecule has 8 heteroatoms. The smallest absolute Gasteiger partial charge is 0.260 e. The van der Waals surface area contributed by atoms with Gasteiger partial charge in [0.1, 0.15) is 12.5 Å². The lowest BCUT2D eigenvalue weighted by atomic mass is 10.0. The molecular weight excluding hydrogens is 399 g/mol. The van der Waals surface area contributed by atoms with Gasteiger partial charge in [-0.05, 0) is 56.8 Å². The molecule has 0 atom stereocenters. The molecule has 1 aliphatic heterocycles. The minimum absolute atomic E-state index is 0.177. The zero-order valence-electron chi connectivity index (χ0n) is 18.4. The van der Waals surface area contributed by atoms with Crippen LogP contribution in [0.1, 0.15) is 46.7 Å². The highest BCUT2D eigenvalue weighted by Gasteiger charge is 2.32. The van der Waals surface area contributed by atoms with Crippen LogP contribution < -0.4 is 10.2 Å². The van der Waals surface area contributed by atoms with Gasteiger partial charge in [-0.15, -0.1) is 0 Å². The Labute approximate surface area is 181 Å². The van der Waals surface area contributed by atoms with Gasteiger partial charge in [0.05, 0.1) is 16.8 Å². The fourth-order valence-corrected chi connectivity index (χ4v) is 3.97. The molecule has 31 heavy (non-hydrogen) atoms. The van der Waals surface area contributed by atoms with Gasteiger partial charge in [-0.1, -0.05) is 13.8 Å². The lowest BCUT2D eigenvalue weighted by Crippen LogP contribution is -2.35. The first-order valence-corrected chi connectivity index (χ1v) is 10.5. The molecule has 1 aromatic heterocycles. The Morgan fingerprint density at radius 1 is 1.29 bits per heavy atom. The minimum atomic E-state index is -0.502. The predicted molar refractivity (Wildman–Crippen MR) is 119 cm³/mol. The number of nitrogens with zero attached hydrogens (tertiary/aromatic N) is 2. The van der Waals surface area contributed by atoms with E-state index in [-0.39, 0.29) is 11.5 Å². The Bertz CT molecular complexity index is 1020. The Kier molecular flexibility index (Phi) is 6.92. The van der Waals surface area contributed by atoms with Crippen LogP contribution in [0.3, 0.4) is 0 Å². The summed E-state index contributed by atoms with van der Waals surface area (Å²) in [5.74, 6) is -1.06. The van der Waals surface area contributed by atoms with Gasteiger partial charge in [0, 0.05) is 30.0 Å². The standard InChI is InChI=1S/C23H29FN4O3/c1-5-27(6-2)10-9-25-22(30)21-14(3)19(26-15(21)4)12-18-17-11-16(24)7-8-20(17)28(13-29)23(18)31/h7-8,11-12,26,29H,5-6,9-10,13H2,1-4H3,(H,25,30)/b18-12-. The first kappa shape index (κ1) is 22.7. The molecule has 2 heterocycles. The summed E-state index contributed by atoms with van der Waals surface area (Å²) < 4.78 is 13.8. The number of aromatic nitrogens is 1. The number of likely N-dealkylation sites (N-methyl/N-ethyl adjacent to an activating group) is 1. The number of aliphatic hydroxyl groups is 1. The molecule has 1 aliphatic rings.